The lowest BCUT2D eigenvalue weighted by molar-refractivity contribution is -0.136. The number of halogens is 2. The van der Waals surface area contributed by atoms with Gasteiger partial charge in [0, 0.05) is 30.2 Å². The summed E-state index contributed by atoms with van der Waals surface area (Å²) in [5, 5.41) is 9.27. The Kier molecular flexibility index (Phi) is 6.77. The van der Waals surface area contributed by atoms with Gasteiger partial charge in [-0.3, -0.25) is 9.59 Å². The van der Waals surface area contributed by atoms with E-state index in [4.69, 9.17) is 27.6 Å². The van der Waals surface area contributed by atoms with Crippen molar-refractivity contribution in [2.75, 3.05) is 18.0 Å². The van der Waals surface area contributed by atoms with Gasteiger partial charge in [0.1, 0.15) is 0 Å². The summed E-state index contributed by atoms with van der Waals surface area (Å²) >= 11 is 12.2. The van der Waals surface area contributed by atoms with Crippen LogP contribution in [0.25, 0.3) is 11.5 Å². The molecule has 2 amide bonds. The molecular weight excluding hydrogens is 451 g/mol. The Labute approximate surface area is 195 Å². The minimum atomic E-state index is -0.435. The van der Waals surface area contributed by atoms with E-state index in [9.17, 15) is 9.59 Å². The molecule has 4 rings (SSSR count). The number of aromatic nitrogens is 2. The number of hydrogen-bond donors (Lipinski definition) is 0. The third kappa shape index (κ3) is 4.79. The van der Waals surface area contributed by atoms with Crippen LogP contribution in [0, 0.1) is 5.92 Å². The molecule has 1 unspecified atom stereocenters. The number of amides is 2. The molecule has 0 spiro atoms. The number of benzene rings is 2. The van der Waals surface area contributed by atoms with E-state index in [0.29, 0.717) is 40.5 Å². The zero-order valence-corrected chi connectivity index (χ0v) is 19.0. The van der Waals surface area contributed by atoms with Crippen LogP contribution in [0.2, 0.25) is 10.0 Å². The zero-order chi connectivity index (χ0) is 22.7. The van der Waals surface area contributed by atoms with E-state index in [-0.39, 0.29) is 24.8 Å². The summed E-state index contributed by atoms with van der Waals surface area (Å²) in [7, 11) is 0. The molecule has 0 aliphatic carbocycles. The Morgan fingerprint density at radius 2 is 1.91 bits per heavy atom. The van der Waals surface area contributed by atoms with Crippen molar-refractivity contribution in [3.8, 4) is 11.5 Å². The average Bonchev–Trinajstić information content (AvgIpc) is 3.40. The van der Waals surface area contributed by atoms with Gasteiger partial charge in [0.05, 0.1) is 23.0 Å². The zero-order valence-electron chi connectivity index (χ0n) is 17.5. The normalized spacial score (nSPS) is 15.9. The Hall–Kier alpha value is -2.90. The van der Waals surface area contributed by atoms with Crippen LogP contribution in [0.3, 0.4) is 0 Å². The van der Waals surface area contributed by atoms with Crippen molar-refractivity contribution in [3.63, 3.8) is 0 Å². The molecule has 1 aliphatic rings. The second-order valence-corrected chi connectivity index (χ2v) is 8.47. The summed E-state index contributed by atoms with van der Waals surface area (Å²) in [5.74, 6) is 0.00539. The van der Waals surface area contributed by atoms with Gasteiger partial charge in [-0.05, 0) is 42.8 Å². The number of carbonyl (C=O) groups is 2. The number of hydrogen-bond acceptors (Lipinski definition) is 5. The van der Waals surface area contributed by atoms with Crippen molar-refractivity contribution in [3.05, 3.63) is 64.5 Å². The molecule has 3 aromatic rings. The first-order valence-corrected chi connectivity index (χ1v) is 11.1. The highest BCUT2D eigenvalue weighted by Gasteiger charge is 2.37. The summed E-state index contributed by atoms with van der Waals surface area (Å²) in [6, 6.07) is 14.2. The predicted octanol–water partition coefficient (Wildman–Crippen LogP) is 4.84. The highest BCUT2D eigenvalue weighted by Crippen LogP contribution is 2.29. The quantitative estimate of drug-likeness (QED) is 0.491. The lowest BCUT2D eigenvalue weighted by atomic mass is 10.1. The van der Waals surface area contributed by atoms with E-state index >= 15 is 0 Å². The topological polar surface area (TPSA) is 79.5 Å². The summed E-state index contributed by atoms with van der Waals surface area (Å²) in [6.07, 6.45) is 0.926. The number of carbonyl (C=O) groups excluding carboxylic acids is 2. The van der Waals surface area contributed by atoms with Crippen LogP contribution in [0.5, 0.6) is 0 Å². The van der Waals surface area contributed by atoms with Gasteiger partial charge in [0.25, 0.3) is 0 Å². The van der Waals surface area contributed by atoms with Gasteiger partial charge in [-0.25, -0.2) is 0 Å². The molecule has 0 N–H and O–H groups in total. The minimum absolute atomic E-state index is 0.0825. The van der Waals surface area contributed by atoms with Crippen molar-refractivity contribution < 1.29 is 14.0 Å². The van der Waals surface area contributed by atoms with Gasteiger partial charge in [-0.1, -0.05) is 42.3 Å². The van der Waals surface area contributed by atoms with Crippen molar-refractivity contribution in [1.29, 1.82) is 0 Å². The summed E-state index contributed by atoms with van der Waals surface area (Å²) in [4.78, 5) is 29.1. The van der Waals surface area contributed by atoms with Crippen LogP contribution in [-0.2, 0) is 16.1 Å². The van der Waals surface area contributed by atoms with Gasteiger partial charge >= 0.3 is 0 Å². The fourth-order valence-electron chi connectivity index (χ4n) is 3.76. The SMILES string of the molecule is CCCN(Cc1nnc(-c2ccccc2Cl)o1)C(=O)C1CC(=O)N(c2ccc(Cl)cc2)C1. The average molecular weight is 473 g/mol. The van der Waals surface area contributed by atoms with Crippen molar-refractivity contribution in [1.82, 2.24) is 15.1 Å². The lowest BCUT2D eigenvalue weighted by Gasteiger charge is -2.24. The molecule has 1 aliphatic heterocycles. The Morgan fingerprint density at radius 3 is 2.62 bits per heavy atom. The van der Waals surface area contributed by atoms with Crippen LogP contribution < -0.4 is 4.90 Å². The van der Waals surface area contributed by atoms with Gasteiger partial charge < -0.3 is 14.2 Å². The maximum absolute atomic E-state index is 13.3. The monoisotopic (exact) mass is 472 g/mol. The number of rotatable bonds is 7. The van der Waals surface area contributed by atoms with Crippen LogP contribution in [0.1, 0.15) is 25.7 Å². The second kappa shape index (κ2) is 9.71. The molecule has 1 fully saturated rings. The Morgan fingerprint density at radius 1 is 1.16 bits per heavy atom. The first-order valence-electron chi connectivity index (χ1n) is 10.4. The lowest BCUT2D eigenvalue weighted by Crippen LogP contribution is -2.37. The molecule has 0 bridgehead atoms. The van der Waals surface area contributed by atoms with E-state index in [0.717, 1.165) is 12.1 Å². The van der Waals surface area contributed by atoms with E-state index in [2.05, 4.69) is 10.2 Å². The fourth-order valence-corrected chi connectivity index (χ4v) is 4.11. The molecule has 1 saturated heterocycles. The van der Waals surface area contributed by atoms with Crippen LogP contribution in [-0.4, -0.2) is 40.0 Å². The van der Waals surface area contributed by atoms with Gasteiger partial charge in [0.15, 0.2) is 0 Å². The third-order valence-corrected chi connectivity index (χ3v) is 5.90. The standard InChI is InChI=1S/C23H22Cl2N4O3/c1-2-11-28(14-20-26-27-22(32-20)18-5-3-4-6-19(18)25)23(31)15-12-21(30)29(13-15)17-9-7-16(24)8-10-17/h3-10,15H,2,11-14H2,1H3. The molecule has 32 heavy (non-hydrogen) atoms. The number of anilines is 1. The van der Waals surface area contributed by atoms with Gasteiger partial charge in [-0.15, -0.1) is 10.2 Å². The third-order valence-electron chi connectivity index (χ3n) is 5.32. The molecule has 1 atom stereocenters. The summed E-state index contributed by atoms with van der Waals surface area (Å²) < 4.78 is 5.77. The van der Waals surface area contributed by atoms with E-state index < -0.39 is 5.92 Å². The molecule has 166 valence electrons. The highest BCUT2D eigenvalue weighted by atomic mass is 35.5. The molecule has 1 aromatic heterocycles. The fraction of sp³-hybridized carbons (Fsp3) is 0.304. The van der Waals surface area contributed by atoms with Gasteiger partial charge in [-0.2, -0.15) is 0 Å². The molecular formula is C23H22Cl2N4O3. The van der Waals surface area contributed by atoms with E-state index in [1.807, 2.05) is 19.1 Å². The van der Waals surface area contributed by atoms with Crippen LogP contribution >= 0.6 is 23.2 Å². The molecule has 2 aromatic carbocycles. The molecule has 9 heteroatoms. The summed E-state index contributed by atoms with van der Waals surface area (Å²) in [6.45, 7) is 3.02. The molecule has 0 radical (unpaired) electrons. The maximum Gasteiger partial charge on any atom is 0.249 e. The molecule has 0 saturated carbocycles. The second-order valence-electron chi connectivity index (χ2n) is 7.62. The first-order chi connectivity index (χ1) is 15.5. The molecule has 2 heterocycles. The predicted molar refractivity (Wildman–Crippen MR) is 122 cm³/mol. The van der Waals surface area contributed by atoms with Crippen molar-refractivity contribution >= 4 is 40.7 Å². The van der Waals surface area contributed by atoms with E-state index in [1.165, 1.54) is 0 Å². The van der Waals surface area contributed by atoms with Crippen molar-refractivity contribution in [2.24, 2.45) is 5.92 Å². The smallest absolute Gasteiger partial charge is 0.249 e. The minimum Gasteiger partial charge on any atom is -0.419 e. The molecule has 7 nitrogen and oxygen atoms in total. The van der Waals surface area contributed by atoms with Crippen LogP contribution in [0.4, 0.5) is 5.69 Å². The first kappa shape index (κ1) is 22.3. The summed E-state index contributed by atoms with van der Waals surface area (Å²) in [5.41, 5.74) is 1.37. The van der Waals surface area contributed by atoms with Gasteiger partial charge in [0.2, 0.25) is 23.6 Å². The Bertz CT molecular complexity index is 1120. The number of nitrogens with zero attached hydrogens (tertiary/aromatic N) is 4. The van der Waals surface area contributed by atoms with Crippen LogP contribution in [0.15, 0.2) is 52.9 Å². The van der Waals surface area contributed by atoms with Crippen molar-refractivity contribution in [2.45, 2.75) is 26.3 Å². The van der Waals surface area contributed by atoms with E-state index in [1.54, 1.807) is 46.2 Å². The highest BCUT2D eigenvalue weighted by molar-refractivity contribution is 6.33. The Balaban J connectivity index is 1.47. The largest absolute Gasteiger partial charge is 0.419 e. The maximum atomic E-state index is 13.3.